The summed E-state index contributed by atoms with van der Waals surface area (Å²) in [5.74, 6) is -6.04. The van der Waals surface area contributed by atoms with Gasteiger partial charge in [-0.05, 0) is 41.3 Å². The van der Waals surface area contributed by atoms with Crippen molar-refractivity contribution >= 4 is 46.7 Å². The van der Waals surface area contributed by atoms with E-state index >= 15 is 0 Å². The number of amides is 3. The third-order valence-corrected chi connectivity index (χ3v) is 6.57. The van der Waals surface area contributed by atoms with E-state index in [0.717, 1.165) is 4.90 Å². The van der Waals surface area contributed by atoms with E-state index in [1.54, 1.807) is 0 Å². The molecule has 14 heteroatoms. The number of nitro benzene ring substituents is 1. The summed E-state index contributed by atoms with van der Waals surface area (Å²) < 4.78 is 0. The lowest BCUT2D eigenvalue weighted by molar-refractivity contribution is -0.384. The maximum Gasteiger partial charge on any atom is 0.395 e. The standard InChI is InChI=1S/C29H28N4O10/c1-17(35)31(16-18-6-9-21(10-7-18)33(42)43)25(26(30)36)15-19-8-11-23(20(14-19)12-13-34)32(27(37)29(40)41)24-5-3-2-4-22(24)28(38)39/h2-11,14,25,34H,12-13,15-16H2,1H3,(H2,30,36)(H,38,39)(H,40,41)/t25-/m0/s1. The minimum Gasteiger partial charge on any atom is -0.478 e. The number of nitrogens with zero attached hydrogens (tertiary/aromatic N) is 3. The number of hydrogen-bond donors (Lipinski definition) is 4. The number of rotatable bonds is 12. The second-order valence-corrected chi connectivity index (χ2v) is 9.40. The fraction of sp³-hybridized carbons (Fsp3) is 0.207. The lowest BCUT2D eigenvalue weighted by Crippen LogP contribution is -2.48. The third kappa shape index (κ3) is 7.56. The Labute approximate surface area is 244 Å². The minimum absolute atomic E-state index is 0.0103. The van der Waals surface area contributed by atoms with E-state index in [2.05, 4.69) is 0 Å². The topological polar surface area (TPSA) is 222 Å². The molecule has 0 radical (unpaired) electrons. The quantitative estimate of drug-likeness (QED) is 0.136. The molecule has 3 aromatic rings. The SMILES string of the molecule is CC(=O)N(Cc1ccc([N+](=O)[O-])cc1)[C@@H](Cc1ccc(N(C(=O)C(=O)O)c2ccccc2C(=O)O)c(CCO)c1)C(N)=O. The van der Waals surface area contributed by atoms with Crippen molar-refractivity contribution in [2.24, 2.45) is 5.73 Å². The fourth-order valence-corrected chi connectivity index (χ4v) is 4.55. The molecule has 43 heavy (non-hydrogen) atoms. The predicted octanol–water partition coefficient (Wildman–Crippen LogP) is 2.02. The normalized spacial score (nSPS) is 11.3. The first kappa shape index (κ1) is 31.9. The van der Waals surface area contributed by atoms with E-state index in [1.807, 2.05) is 0 Å². The highest BCUT2D eigenvalue weighted by atomic mass is 16.6. The molecule has 0 heterocycles. The Morgan fingerprint density at radius 3 is 2.09 bits per heavy atom. The number of benzene rings is 3. The van der Waals surface area contributed by atoms with Crippen LogP contribution in [-0.2, 0) is 38.6 Å². The summed E-state index contributed by atoms with van der Waals surface area (Å²) in [6.07, 6.45) is -0.193. The smallest absolute Gasteiger partial charge is 0.395 e. The number of hydrogen-bond acceptors (Lipinski definition) is 8. The fourth-order valence-electron chi connectivity index (χ4n) is 4.55. The van der Waals surface area contributed by atoms with Crippen LogP contribution >= 0.6 is 0 Å². The summed E-state index contributed by atoms with van der Waals surface area (Å²) in [5.41, 5.74) is 6.15. The van der Waals surface area contributed by atoms with Gasteiger partial charge in [0.2, 0.25) is 11.8 Å². The van der Waals surface area contributed by atoms with E-state index in [0.29, 0.717) is 11.1 Å². The molecule has 0 unspecified atom stereocenters. The van der Waals surface area contributed by atoms with Gasteiger partial charge in [0.15, 0.2) is 0 Å². The molecule has 0 aliphatic carbocycles. The number of carbonyl (C=O) groups is 5. The van der Waals surface area contributed by atoms with Gasteiger partial charge in [-0.15, -0.1) is 0 Å². The molecule has 3 amide bonds. The molecule has 224 valence electrons. The maximum atomic E-state index is 12.9. The number of nitrogens with two attached hydrogens (primary N) is 1. The molecule has 0 bridgehead atoms. The summed E-state index contributed by atoms with van der Waals surface area (Å²) in [5, 5.41) is 39.9. The second-order valence-electron chi connectivity index (χ2n) is 9.40. The van der Waals surface area contributed by atoms with Crippen molar-refractivity contribution in [2.75, 3.05) is 11.5 Å². The summed E-state index contributed by atoms with van der Waals surface area (Å²) >= 11 is 0. The molecule has 0 spiro atoms. The Morgan fingerprint density at radius 1 is 0.930 bits per heavy atom. The third-order valence-electron chi connectivity index (χ3n) is 6.57. The summed E-state index contributed by atoms with van der Waals surface area (Å²) in [6.45, 7) is 0.720. The van der Waals surface area contributed by atoms with Crippen LogP contribution < -0.4 is 10.6 Å². The highest BCUT2D eigenvalue weighted by Gasteiger charge is 2.31. The van der Waals surface area contributed by atoms with Crippen molar-refractivity contribution < 1.29 is 44.2 Å². The number of primary amides is 1. The number of nitro groups is 1. The zero-order chi connectivity index (χ0) is 31.8. The zero-order valence-corrected chi connectivity index (χ0v) is 22.9. The van der Waals surface area contributed by atoms with Crippen LogP contribution in [0, 0.1) is 10.1 Å². The number of carbonyl (C=O) groups excluding carboxylic acids is 3. The summed E-state index contributed by atoms with van der Waals surface area (Å²) in [7, 11) is 0. The average Bonchev–Trinajstić information content (AvgIpc) is 2.96. The first-order chi connectivity index (χ1) is 20.3. The number of carboxylic acids is 2. The Kier molecular flexibility index (Phi) is 10.3. The van der Waals surface area contributed by atoms with Gasteiger partial charge in [-0.25, -0.2) is 9.59 Å². The van der Waals surface area contributed by atoms with Crippen LogP contribution in [0.2, 0.25) is 0 Å². The number of aliphatic hydroxyl groups excluding tert-OH is 1. The van der Waals surface area contributed by atoms with Crippen LogP contribution in [-0.4, -0.2) is 67.5 Å². The van der Waals surface area contributed by atoms with Crippen molar-refractivity contribution in [1.29, 1.82) is 0 Å². The van der Waals surface area contributed by atoms with E-state index in [4.69, 9.17) is 5.73 Å². The van der Waals surface area contributed by atoms with Gasteiger partial charge in [0, 0.05) is 38.6 Å². The number of aromatic carboxylic acids is 1. The number of carboxylic acid groups (broad SMARTS) is 2. The Hall–Kier alpha value is -5.63. The number of para-hydroxylation sites is 1. The zero-order valence-electron chi connectivity index (χ0n) is 22.9. The van der Waals surface area contributed by atoms with Gasteiger partial charge in [0.05, 0.1) is 21.9 Å². The molecule has 3 rings (SSSR count). The molecule has 14 nitrogen and oxygen atoms in total. The van der Waals surface area contributed by atoms with Gasteiger partial charge in [-0.3, -0.25) is 29.4 Å². The average molecular weight is 593 g/mol. The van der Waals surface area contributed by atoms with Crippen LogP contribution in [0.25, 0.3) is 0 Å². The number of aliphatic hydroxyl groups is 1. The Bertz CT molecular complexity index is 1570. The van der Waals surface area contributed by atoms with Crippen molar-refractivity contribution in [2.45, 2.75) is 32.4 Å². The largest absolute Gasteiger partial charge is 0.478 e. The predicted molar refractivity (Wildman–Crippen MR) is 151 cm³/mol. The van der Waals surface area contributed by atoms with Crippen LogP contribution in [0.15, 0.2) is 66.7 Å². The van der Waals surface area contributed by atoms with E-state index in [-0.39, 0.29) is 47.6 Å². The van der Waals surface area contributed by atoms with Crippen LogP contribution in [0.4, 0.5) is 17.1 Å². The number of anilines is 2. The Balaban J connectivity index is 2.05. The van der Waals surface area contributed by atoms with Gasteiger partial charge < -0.3 is 26.0 Å². The minimum atomic E-state index is -1.85. The monoisotopic (exact) mass is 592 g/mol. The molecule has 0 aliphatic heterocycles. The molecular formula is C29H28N4O10. The van der Waals surface area contributed by atoms with Crippen LogP contribution in [0.5, 0.6) is 0 Å². The van der Waals surface area contributed by atoms with Gasteiger partial charge in [0.1, 0.15) is 6.04 Å². The molecule has 0 saturated carbocycles. The summed E-state index contributed by atoms with van der Waals surface area (Å²) in [4.78, 5) is 73.9. The highest BCUT2D eigenvalue weighted by Crippen LogP contribution is 2.33. The van der Waals surface area contributed by atoms with Crippen LogP contribution in [0.3, 0.4) is 0 Å². The van der Waals surface area contributed by atoms with Gasteiger partial charge in [0.25, 0.3) is 5.69 Å². The van der Waals surface area contributed by atoms with Gasteiger partial charge in [-0.2, -0.15) is 0 Å². The first-order valence-electron chi connectivity index (χ1n) is 12.8. The van der Waals surface area contributed by atoms with Crippen molar-refractivity contribution in [3.05, 3.63) is 99.1 Å². The second kappa shape index (κ2) is 13.8. The molecular weight excluding hydrogens is 564 g/mol. The van der Waals surface area contributed by atoms with Crippen LogP contribution in [0.1, 0.15) is 34.0 Å². The van der Waals surface area contributed by atoms with Crippen molar-refractivity contribution in [1.82, 2.24) is 4.90 Å². The van der Waals surface area contributed by atoms with Gasteiger partial charge in [-0.1, -0.05) is 36.4 Å². The highest BCUT2D eigenvalue weighted by molar-refractivity contribution is 6.39. The molecule has 5 N–H and O–H groups in total. The molecule has 3 aromatic carbocycles. The molecule has 0 saturated heterocycles. The van der Waals surface area contributed by atoms with E-state index < -0.39 is 47.2 Å². The molecule has 0 fully saturated rings. The summed E-state index contributed by atoms with van der Waals surface area (Å²) in [6, 6.07) is 13.9. The molecule has 1 atom stereocenters. The lowest BCUT2D eigenvalue weighted by Gasteiger charge is -2.30. The number of aliphatic carboxylic acids is 1. The molecule has 0 aliphatic rings. The Morgan fingerprint density at radius 2 is 1.56 bits per heavy atom. The van der Waals surface area contributed by atoms with Crippen molar-refractivity contribution in [3.63, 3.8) is 0 Å². The number of non-ortho nitro benzene ring substituents is 1. The maximum absolute atomic E-state index is 12.9. The van der Waals surface area contributed by atoms with E-state index in [1.165, 1.54) is 78.6 Å². The van der Waals surface area contributed by atoms with Crippen molar-refractivity contribution in [3.8, 4) is 0 Å². The molecule has 0 aromatic heterocycles. The van der Waals surface area contributed by atoms with E-state index in [9.17, 15) is 49.4 Å². The first-order valence-corrected chi connectivity index (χ1v) is 12.8. The lowest BCUT2D eigenvalue weighted by atomic mass is 9.97. The van der Waals surface area contributed by atoms with Gasteiger partial charge >= 0.3 is 17.8 Å².